The molecule has 2 rings (SSSR count). The van der Waals surface area contributed by atoms with Crippen molar-refractivity contribution in [2.75, 3.05) is 24.5 Å². The lowest BCUT2D eigenvalue weighted by molar-refractivity contribution is 0.0158. The third-order valence-electron chi connectivity index (χ3n) is 3.37. The fraction of sp³-hybridized carbons (Fsp3) is 0.600. The highest BCUT2D eigenvalue weighted by Gasteiger charge is 2.31. The Morgan fingerprint density at radius 3 is 2.68 bits per heavy atom. The second-order valence-corrected chi connectivity index (χ2v) is 7.99. The predicted molar refractivity (Wildman–Crippen MR) is 96.6 cm³/mol. The van der Waals surface area contributed by atoms with Gasteiger partial charge in [0.2, 0.25) is 0 Å². The standard InChI is InChI=1S/C15H21ClIN3O2/c1-10-9-19(13-7-12(17)11(16)8-18-13)5-6-20(10)14(21)22-15(2,3)4/h7-8,10H,5-6,9H2,1-4H3/t10-/m0/s1. The molecule has 122 valence electrons. The number of carbonyl (C=O) groups excluding carboxylic acids is 1. The molecule has 0 unspecified atom stereocenters. The van der Waals surface area contributed by atoms with Crippen LogP contribution in [-0.2, 0) is 4.74 Å². The van der Waals surface area contributed by atoms with E-state index in [0.717, 1.165) is 22.5 Å². The zero-order valence-corrected chi connectivity index (χ0v) is 16.2. The minimum absolute atomic E-state index is 0.0683. The molecule has 0 N–H and O–H groups in total. The summed E-state index contributed by atoms with van der Waals surface area (Å²) in [6.07, 6.45) is 1.42. The fourth-order valence-corrected chi connectivity index (χ4v) is 2.86. The second-order valence-electron chi connectivity index (χ2n) is 6.43. The molecule has 1 aromatic heterocycles. The normalized spacial score (nSPS) is 19.3. The molecule has 5 nitrogen and oxygen atoms in total. The molecule has 0 radical (unpaired) electrons. The van der Waals surface area contributed by atoms with Gasteiger partial charge in [-0.3, -0.25) is 0 Å². The van der Waals surface area contributed by atoms with Gasteiger partial charge in [0.1, 0.15) is 11.4 Å². The quantitative estimate of drug-likeness (QED) is 0.627. The van der Waals surface area contributed by atoms with E-state index in [9.17, 15) is 4.79 Å². The van der Waals surface area contributed by atoms with Crippen LogP contribution >= 0.6 is 34.2 Å². The van der Waals surface area contributed by atoms with Crippen molar-refractivity contribution in [1.29, 1.82) is 0 Å². The van der Waals surface area contributed by atoms with Crippen LogP contribution < -0.4 is 4.90 Å². The maximum Gasteiger partial charge on any atom is 0.410 e. The lowest BCUT2D eigenvalue weighted by Gasteiger charge is -2.40. The number of ether oxygens (including phenoxy) is 1. The summed E-state index contributed by atoms with van der Waals surface area (Å²) in [6.45, 7) is 9.74. The van der Waals surface area contributed by atoms with Gasteiger partial charge < -0.3 is 14.5 Å². The summed E-state index contributed by atoms with van der Waals surface area (Å²) in [5.41, 5.74) is -0.470. The van der Waals surface area contributed by atoms with Gasteiger partial charge in [-0.25, -0.2) is 9.78 Å². The largest absolute Gasteiger partial charge is 0.444 e. The van der Waals surface area contributed by atoms with Crippen molar-refractivity contribution >= 4 is 46.1 Å². The van der Waals surface area contributed by atoms with Crippen molar-refractivity contribution in [2.24, 2.45) is 0 Å². The minimum atomic E-state index is -0.470. The third kappa shape index (κ3) is 4.38. The molecule has 2 heterocycles. The number of rotatable bonds is 1. The van der Waals surface area contributed by atoms with E-state index in [-0.39, 0.29) is 12.1 Å². The summed E-state index contributed by atoms with van der Waals surface area (Å²) in [6, 6.07) is 2.04. The Balaban J connectivity index is 2.03. The molecular weight excluding hydrogens is 417 g/mol. The van der Waals surface area contributed by atoms with Crippen LogP contribution in [0.4, 0.5) is 10.6 Å². The molecular formula is C15H21ClIN3O2. The molecule has 0 aliphatic carbocycles. The van der Waals surface area contributed by atoms with E-state index in [4.69, 9.17) is 16.3 Å². The first-order valence-corrected chi connectivity index (χ1v) is 8.68. The molecule has 1 saturated heterocycles. The molecule has 22 heavy (non-hydrogen) atoms. The van der Waals surface area contributed by atoms with Gasteiger partial charge in [-0.05, 0) is 56.4 Å². The number of pyridine rings is 1. The molecule has 1 amide bonds. The molecule has 1 aliphatic rings. The van der Waals surface area contributed by atoms with Crippen LogP contribution in [0.2, 0.25) is 5.02 Å². The van der Waals surface area contributed by atoms with Gasteiger partial charge in [0.05, 0.1) is 5.02 Å². The Bertz CT molecular complexity index is 562. The van der Waals surface area contributed by atoms with E-state index in [1.165, 1.54) is 0 Å². The number of hydrogen-bond donors (Lipinski definition) is 0. The summed E-state index contributed by atoms with van der Waals surface area (Å²) in [5, 5.41) is 0.657. The molecule has 1 atom stereocenters. The number of anilines is 1. The molecule has 0 bridgehead atoms. The molecule has 1 aliphatic heterocycles. The number of halogens is 2. The smallest absolute Gasteiger partial charge is 0.410 e. The van der Waals surface area contributed by atoms with Gasteiger partial charge in [0.25, 0.3) is 0 Å². The summed E-state index contributed by atoms with van der Waals surface area (Å²) in [5.74, 6) is 0.893. The molecule has 0 saturated carbocycles. The Hall–Kier alpha value is -0.760. The summed E-state index contributed by atoms with van der Waals surface area (Å²) >= 11 is 8.21. The first-order chi connectivity index (χ1) is 10.2. The number of piperazine rings is 1. The van der Waals surface area contributed by atoms with Crippen LogP contribution in [0.15, 0.2) is 12.3 Å². The Kier molecular flexibility index (Phi) is 5.42. The maximum absolute atomic E-state index is 12.2. The summed E-state index contributed by atoms with van der Waals surface area (Å²) in [4.78, 5) is 20.5. The van der Waals surface area contributed by atoms with Crippen LogP contribution in [0.25, 0.3) is 0 Å². The first-order valence-electron chi connectivity index (χ1n) is 7.23. The van der Waals surface area contributed by atoms with Crippen molar-refractivity contribution < 1.29 is 9.53 Å². The molecule has 1 aromatic rings. The number of hydrogen-bond acceptors (Lipinski definition) is 4. The van der Waals surface area contributed by atoms with E-state index in [0.29, 0.717) is 11.6 Å². The SMILES string of the molecule is C[C@H]1CN(c2cc(I)c(Cl)cn2)CCN1C(=O)OC(C)(C)C. The van der Waals surface area contributed by atoms with Crippen molar-refractivity contribution in [1.82, 2.24) is 9.88 Å². The van der Waals surface area contributed by atoms with Crippen LogP contribution in [-0.4, -0.2) is 47.3 Å². The molecule has 0 aromatic carbocycles. The summed E-state index contributed by atoms with van der Waals surface area (Å²) in [7, 11) is 0. The highest BCUT2D eigenvalue weighted by atomic mass is 127. The van der Waals surface area contributed by atoms with Crippen molar-refractivity contribution in [3.63, 3.8) is 0 Å². The van der Waals surface area contributed by atoms with Crippen LogP contribution in [0.5, 0.6) is 0 Å². The second kappa shape index (κ2) is 6.78. The Morgan fingerprint density at radius 2 is 2.14 bits per heavy atom. The molecule has 0 spiro atoms. The van der Waals surface area contributed by atoms with Gasteiger partial charge in [-0.2, -0.15) is 0 Å². The highest BCUT2D eigenvalue weighted by Crippen LogP contribution is 2.24. The average molecular weight is 438 g/mol. The zero-order valence-electron chi connectivity index (χ0n) is 13.3. The minimum Gasteiger partial charge on any atom is -0.444 e. The first kappa shape index (κ1) is 17.6. The zero-order chi connectivity index (χ0) is 16.5. The van der Waals surface area contributed by atoms with E-state index in [2.05, 4.69) is 32.5 Å². The maximum atomic E-state index is 12.2. The van der Waals surface area contributed by atoms with Gasteiger partial charge in [-0.1, -0.05) is 11.6 Å². The molecule has 7 heteroatoms. The Labute approximate surface area is 150 Å². The monoisotopic (exact) mass is 437 g/mol. The van der Waals surface area contributed by atoms with Gasteiger partial charge in [0, 0.05) is 35.4 Å². The van der Waals surface area contributed by atoms with Crippen molar-refractivity contribution in [2.45, 2.75) is 39.3 Å². The van der Waals surface area contributed by atoms with Crippen LogP contribution in [0.3, 0.4) is 0 Å². The topological polar surface area (TPSA) is 45.7 Å². The summed E-state index contributed by atoms with van der Waals surface area (Å²) < 4.78 is 6.44. The van der Waals surface area contributed by atoms with Gasteiger partial charge in [-0.15, -0.1) is 0 Å². The number of amides is 1. The predicted octanol–water partition coefficient (Wildman–Crippen LogP) is 3.79. The fourth-order valence-electron chi connectivity index (χ4n) is 2.33. The van der Waals surface area contributed by atoms with Crippen LogP contribution in [0.1, 0.15) is 27.7 Å². The third-order valence-corrected chi connectivity index (χ3v) is 4.89. The van der Waals surface area contributed by atoms with Gasteiger partial charge >= 0.3 is 6.09 Å². The lowest BCUT2D eigenvalue weighted by atomic mass is 10.2. The van der Waals surface area contributed by atoms with Crippen molar-refractivity contribution in [3.8, 4) is 0 Å². The lowest BCUT2D eigenvalue weighted by Crippen LogP contribution is -2.55. The van der Waals surface area contributed by atoms with E-state index in [1.54, 1.807) is 11.1 Å². The Morgan fingerprint density at radius 1 is 1.45 bits per heavy atom. The van der Waals surface area contributed by atoms with Crippen LogP contribution in [0, 0.1) is 3.57 Å². The van der Waals surface area contributed by atoms with E-state index < -0.39 is 5.60 Å². The molecule has 1 fully saturated rings. The number of aromatic nitrogens is 1. The number of nitrogens with zero attached hydrogens (tertiary/aromatic N) is 3. The van der Waals surface area contributed by atoms with E-state index in [1.807, 2.05) is 33.8 Å². The number of carbonyl (C=O) groups is 1. The highest BCUT2D eigenvalue weighted by molar-refractivity contribution is 14.1. The van der Waals surface area contributed by atoms with Crippen molar-refractivity contribution in [3.05, 3.63) is 20.9 Å². The van der Waals surface area contributed by atoms with Gasteiger partial charge in [0.15, 0.2) is 0 Å². The van der Waals surface area contributed by atoms with E-state index >= 15 is 0 Å². The average Bonchev–Trinajstić information content (AvgIpc) is 2.39.